The summed E-state index contributed by atoms with van der Waals surface area (Å²) in [6, 6.07) is 9.31. The van der Waals surface area contributed by atoms with Crippen LogP contribution in [0.25, 0.3) is 0 Å². The van der Waals surface area contributed by atoms with E-state index >= 15 is 0 Å². The number of sulfonamides is 1. The summed E-state index contributed by atoms with van der Waals surface area (Å²) in [5.74, 6) is 0.685. The van der Waals surface area contributed by atoms with E-state index in [-0.39, 0.29) is 28.0 Å². The third-order valence-electron chi connectivity index (χ3n) is 3.96. The van der Waals surface area contributed by atoms with Crippen molar-refractivity contribution in [2.45, 2.75) is 11.4 Å². The van der Waals surface area contributed by atoms with Crippen molar-refractivity contribution in [3.8, 4) is 11.5 Å². The van der Waals surface area contributed by atoms with Crippen molar-refractivity contribution < 1.29 is 17.9 Å². The average molecular weight is 477 g/mol. The quantitative estimate of drug-likeness (QED) is 0.534. The van der Waals surface area contributed by atoms with Crippen LogP contribution in [0.1, 0.15) is 5.56 Å². The Morgan fingerprint density at radius 3 is 2.38 bits per heavy atom. The van der Waals surface area contributed by atoms with E-state index in [1.807, 2.05) is 0 Å². The number of aromatic nitrogens is 2. The molecule has 0 atom stereocenters. The van der Waals surface area contributed by atoms with E-state index in [9.17, 15) is 8.42 Å². The highest BCUT2D eigenvalue weighted by Gasteiger charge is 2.20. The molecule has 0 aliphatic heterocycles. The highest BCUT2D eigenvalue weighted by atomic mass is 35.5. The van der Waals surface area contributed by atoms with E-state index in [4.69, 9.17) is 44.3 Å². The number of ether oxygens (including phenoxy) is 2. The van der Waals surface area contributed by atoms with E-state index in [2.05, 4.69) is 9.82 Å². The highest BCUT2D eigenvalue weighted by molar-refractivity contribution is 7.92. The molecule has 1 heterocycles. The molecule has 3 rings (SSSR count). The summed E-state index contributed by atoms with van der Waals surface area (Å²) >= 11 is 18.2. The second-order valence-electron chi connectivity index (χ2n) is 5.88. The van der Waals surface area contributed by atoms with Gasteiger partial charge in [0.1, 0.15) is 5.02 Å². The Labute approximate surface area is 183 Å². The van der Waals surface area contributed by atoms with Crippen molar-refractivity contribution in [3.63, 3.8) is 0 Å². The number of hydrogen-bond acceptors (Lipinski definition) is 5. The average Bonchev–Trinajstić information content (AvgIpc) is 3.01. The van der Waals surface area contributed by atoms with Crippen molar-refractivity contribution in [2.75, 3.05) is 18.9 Å². The van der Waals surface area contributed by atoms with Crippen LogP contribution >= 0.6 is 34.8 Å². The first-order chi connectivity index (χ1) is 13.7. The van der Waals surface area contributed by atoms with Crippen LogP contribution in [0.15, 0.2) is 47.5 Å². The monoisotopic (exact) mass is 475 g/mol. The van der Waals surface area contributed by atoms with Crippen molar-refractivity contribution in [1.82, 2.24) is 9.78 Å². The van der Waals surface area contributed by atoms with Gasteiger partial charge in [0.15, 0.2) is 17.3 Å². The summed E-state index contributed by atoms with van der Waals surface area (Å²) in [4.78, 5) is -0.0264. The largest absolute Gasteiger partial charge is 0.493 e. The molecule has 1 N–H and O–H groups in total. The number of methoxy groups -OCH3 is 2. The predicted molar refractivity (Wildman–Crippen MR) is 113 cm³/mol. The first-order valence-electron chi connectivity index (χ1n) is 8.15. The van der Waals surface area contributed by atoms with Crippen LogP contribution in [-0.4, -0.2) is 32.4 Å². The van der Waals surface area contributed by atoms with Gasteiger partial charge in [-0.3, -0.25) is 9.40 Å². The molecular formula is C18H16Cl3N3O4S. The molecular weight excluding hydrogens is 461 g/mol. The van der Waals surface area contributed by atoms with Gasteiger partial charge in [-0.25, -0.2) is 8.42 Å². The summed E-state index contributed by atoms with van der Waals surface area (Å²) < 4.78 is 39.6. The lowest BCUT2D eigenvalue weighted by Crippen LogP contribution is -2.14. The minimum absolute atomic E-state index is 0.00784. The molecule has 0 aliphatic rings. The summed E-state index contributed by atoms with van der Waals surface area (Å²) in [6.07, 6.45) is 1.50. The fourth-order valence-corrected chi connectivity index (χ4v) is 4.30. The number of hydrogen-bond donors (Lipinski definition) is 1. The van der Waals surface area contributed by atoms with Crippen LogP contribution in [0.2, 0.25) is 15.1 Å². The van der Waals surface area contributed by atoms with Crippen molar-refractivity contribution in [2.24, 2.45) is 0 Å². The number of anilines is 1. The van der Waals surface area contributed by atoms with Crippen LogP contribution in [0.5, 0.6) is 11.5 Å². The zero-order chi connectivity index (χ0) is 21.2. The summed E-state index contributed by atoms with van der Waals surface area (Å²) in [7, 11) is -1.08. The number of rotatable bonds is 7. The van der Waals surface area contributed by atoms with Gasteiger partial charge in [0, 0.05) is 22.3 Å². The predicted octanol–water partition coefficient (Wildman–Crippen LogP) is 4.71. The van der Waals surface area contributed by atoms with Gasteiger partial charge in [0.05, 0.1) is 25.7 Å². The Hall–Kier alpha value is -2.13. The Balaban J connectivity index is 1.85. The summed E-state index contributed by atoms with van der Waals surface area (Å²) in [6.45, 7) is 0.286. The first kappa shape index (κ1) is 21.6. The van der Waals surface area contributed by atoms with E-state index in [0.717, 1.165) is 5.56 Å². The number of nitrogens with zero attached hydrogens (tertiary/aromatic N) is 2. The van der Waals surface area contributed by atoms with E-state index in [1.165, 1.54) is 43.3 Å². The molecule has 3 aromatic rings. The molecule has 1 aromatic heterocycles. The third kappa shape index (κ3) is 4.90. The van der Waals surface area contributed by atoms with Gasteiger partial charge in [-0.2, -0.15) is 5.10 Å². The maximum atomic E-state index is 12.7. The lowest BCUT2D eigenvalue weighted by atomic mass is 10.2. The highest BCUT2D eigenvalue weighted by Crippen LogP contribution is 2.31. The lowest BCUT2D eigenvalue weighted by molar-refractivity contribution is 0.354. The molecule has 11 heteroatoms. The molecule has 0 amide bonds. The molecule has 0 radical (unpaired) electrons. The molecule has 0 saturated carbocycles. The molecule has 0 saturated heterocycles. The van der Waals surface area contributed by atoms with Gasteiger partial charge in [0.25, 0.3) is 10.0 Å². The van der Waals surface area contributed by atoms with Gasteiger partial charge < -0.3 is 9.47 Å². The van der Waals surface area contributed by atoms with E-state index < -0.39 is 10.0 Å². The van der Waals surface area contributed by atoms with Crippen molar-refractivity contribution in [1.29, 1.82) is 0 Å². The molecule has 0 bridgehead atoms. The third-order valence-corrected chi connectivity index (χ3v) is 6.16. The van der Waals surface area contributed by atoms with Gasteiger partial charge in [-0.05, 0) is 29.8 Å². The smallest absolute Gasteiger partial charge is 0.263 e. The second-order valence-corrected chi connectivity index (χ2v) is 8.81. The number of halogens is 3. The number of nitrogens with one attached hydrogen (secondary N) is 1. The molecule has 0 spiro atoms. The maximum Gasteiger partial charge on any atom is 0.263 e. The van der Waals surface area contributed by atoms with Crippen molar-refractivity contribution in [3.05, 3.63) is 63.2 Å². The van der Waals surface area contributed by atoms with Crippen LogP contribution in [0.3, 0.4) is 0 Å². The van der Waals surface area contributed by atoms with Crippen LogP contribution in [-0.2, 0) is 16.6 Å². The molecule has 2 aromatic carbocycles. The molecule has 0 unspecified atom stereocenters. The summed E-state index contributed by atoms with van der Waals surface area (Å²) in [5, 5.41) is 5.32. The van der Waals surface area contributed by atoms with E-state index in [1.54, 1.807) is 18.2 Å². The molecule has 29 heavy (non-hydrogen) atoms. The van der Waals surface area contributed by atoms with Crippen LogP contribution in [0, 0.1) is 0 Å². The fourth-order valence-electron chi connectivity index (χ4n) is 2.54. The zero-order valence-electron chi connectivity index (χ0n) is 15.3. The Kier molecular flexibility index (Phi) is 6.48. The Morgan fingerprint density at radius 2 is 1.72 bits per heavy atom. The molecule has 0 aliphatic carbocycles. The first-order valence-corrected chi connectivity index (χ1v) is 10.8. The Morgan fingerprint density at radius 1 is 1.00 bits per heavy atom. The zero-order valence-corrected chi connectivity index (χ0v) is 18.4. The normalized spacial score (nSPS) is 11.3. The fraction of sp³-hybridized carbons (Fsp3) is 0.167. The van der Waals surface area contributed by atoms with Crippen LogP contribution < -0.4 is 14.2 Å². The second kappa shape index (κ2) is 8.71. The molecule has 154 valence electrons. The topological polar surface area (TPSA) is 82.5 Å². The van der Waals surface area contributed by atoms with Gasteiger partial charge in [0.2, 0.25) is 0 Å². The standard InChI is InChI=1S/C18H16Cl3N3O4S/c1-27-16-6-5-13(8-17(16)28-2)29(25,26)23-18-15(21)10-24(22-18)9-11-3-4-12(19)7-14(11)20/h3-8,10H,9H2,1-2H3,(H,22,23). The minimum Gasteiger partial charge on any atom is -0.493 e. The number of benzene rings is 2. The van der Waals surface area contributed by atoms with Gasteiger partial charge in [-0.15, -0.1) is 0 Å². The molecule has 7 nitrogen and oxygen atoms in total. The van der Waals surface area contributed by atoms with Crippen molar-refractivity contribution >= 4 is 50.6 Å². The van der Waals surface area contributed by atoms with Crippen LogP contribution in [0.4, 0.5) is 5.82 Å². The molecule has 0 fully saturated rings. The minimum atomic E-state index is -3.96. The van der Waals surface area contributed by atoms with Gasteiger partial charge >= 0.3 is 0 Å². The lowest BCUT2D eigenvalue weighted by Gasteiger charge is -2.10. The van der Waals surface area contributed by atoms with Gasteiger partial charge in [-0.1, -0.05) is 40.9 Å². The SMILES string of the molecule is COc1ccc(S(=O)(=O)Nc2nn(Cc3ccc(Cl)cc3Cl)cc2Cl)cc1OC. The van der Waals surface area contributed by atoms with E-state index in [0.29, 0.717) is 15.8 Å². The summed E-state index contributed by atoms with van der Waals surface area (Å²) in [5.41, 5.74) is 0.754. The maximum absolute atomic E-state index is 12.7. The Bertz CT molecular complexity index is 1150.